The van der Waals surface area contributed by atoms with Crippen LogP contribution in [-0.4, -0.2) is 15.1 Å². The van der Waals surface area contributed by atoms with Crippen molar-refractivity contribution in [1.82, 2.24) is 9.97 Å². The van der Waals surface area contributed by atoms with Crippen molar-refractivity contribution in [3.05, 3.63) is 71.8 Å². The van der Waals surface area contributed by atoms with Crippen molar-refractivity contribution in [2.24, 2.45) is 0 Å². The van der Waals surface area contributed by atoms with Crippen LogP contribution in [0.2, 0.25) is 0 Å². The summed E-state index contributed by atoms with van der Waals surface area (Å²) in [5.74, 6) is 0.664. The summed E-state index contributed by atoms with van der Waals surface area (Å²) in [6, 6.07) is 15.7. The molecule has 0 bridgehead atoms. The summed E-state index contributed by atoms with van der Waals surface area (Å²) in [5.41, 5.74) is 1.50. The Balaban J connectivity index is 2.14. The maximum absolute atomic E-state index is 10.5. The minimum Gasteiger partial charge on any atom is -0.382 e. The van der Waals surface area contributed by atoms with Gasteiger partial charge >= 0.3 is 0 Å². The lowest BCUT2D eigenvalue weighted by Gasteiger charge is -2.13. The molecule has 1 aromatic heterocycles. The van der Waals surface area contributed by atoms with Gasteiger partial charge in [0.15, 0.2) is 0 Å². The zero-order valence-electron chi connectivity index (χ0n) is 10.6. The highest BCUT2D eigenvalue weighted by Crippen LogP contribution is 2.27. The van der Waals surface area contributed by atoms with Gasteiger partial charge in [-0.1, -0.05) is 42.5 Å². The molecule has 0 fully saturated rings. The van der Waals surface area contributed by atoms with E-state index in [1.165, 1.54) is 0 Å². The fourth-order valence-corrected chi connectivity index (χ4v) is 2.27. The second-order valence-corrected chi connectivity index (χ2v) is 4.50. The van der Waals surface area contributed by atoms with Crippen LogP contribution in [0.4, 0.5) is 0 Å². The van der Waals surface area contributed by atoms with Crippen molar-refractivity contribution in [2.45, 2.75) is 13.0 Å². The standard InChI is InChI=1S/C16H14N2O/c1-11-17-10-9-15(18-11)16(19)14-8-4-6-12-5-2-3-7-13(12)14/h2-10,16,19H,1H3. The molecular formula is C16H14N2O. The second kappa shape index (κ2) is 4.78. The Morgan fingerprint density at radius 2 is 1.79 bits per heavy atom. The van der Waals surface area contributed by atoms with E-state index in [1.54, 1.807) is 12.3 Å². The lowest BCUT2D eigenvalue weighted by Crippen LogP contribution is -2.04. The highest BCUT2D eigenvalue weighted by Gasteiger charge is 2.14. The SMILES string of the molecule is Cc1nccc(C(O)c2cccc3ccccc23)n1. The van der Waals surface area contributed by atoms with E-state index < -0.39 is 6.10 Å². The van der Waals surface area contributed by atoms with Crippen molar-refractivity contribution in [2.75, 3.05) is 0 Å². The van der Waals surface area contributed by atoms with E-state index in [-0.39, 0.29) is 0 Å². The van der Waals surface area contributed by atoms with Gasteiger partial charge in [-0.3, -0.25) is 0 Å². The van der Waals surface area contributed by atoms with E-state index in [1.807, 2.05) is 49.4 Å². The summed E-state index contributed by atoms with van der Waals surface area (Å²) in [6.07, 6.45) is 0.944. The molecule has 1 N–H and O–H groups in total. The van der Waals surface area contributed by atoms with E-state index in [4.69, 9.17) is 0 Å². The minimum absolute atomic E-state index is 0.629. The number of aromatic nitrogens is 2. The minimum atomic E-state index is -0.729. The number of aryl methyl sites for hydroxylation is 1. The van der Waals surface area contributed by atoms with Crippen LogP contribution in [0.25, 0.3) is 10.8 Å². The van der Waals surface area contributed by atoms with Crippen LogP contribution in [0.3, 0.4) is 0 Å². The molecule has 0 radical (unpaired) electrons. The Bertz CT molecular complexity index is 719. The first-order valence-electron chi connectivity index (χ1n) is 6.21. The van der Waals surface area contributed by atoms with Gasteiger partial charge in [-0.2, -0.15) is 0 Å². The quantitative estimate of drug-likeness (QED) is 0.760. The van der Waals surface area contributed by atoms with Gasteiger partial charge in [0.05, 0.1) is 5.69 Å². The maximum atomic E-state index is 10.5. The molecular weight excluding hydrogens is 236 g/mol. The van der Waals surface area contributed by atoms with Crippen LogP contribution < -0.4 is 0 Å². The normalized spacial score (nSPS) is 12.5. The van der Waals surface area contributed by atoms with Crippen molar-refractivity contribution in [1.29, 1.82) is 0 Å². The average Bonchev–Trinajstić information content (AvgIpc) is 2.46. The van der Waals surface area contributed by atoms with E-state index in [9.17, 15) is 5.11 Å². The first-order valence-corrected chi connectivity index (χ1v) is 6.21. The number of nitrogens with zero attached hydrogens (tertiary/aromatic N) is 2. The van der Waals surface area contributed by atoms with Gasteiger partial charge < -0.3 is 5.11 Å². The predicted octanol–water partition coefficient (Wildman–Crippen LogP) is 3.02. The molecule has 19 heavy (non-hydrogen) atoms. The lowest BCUT2D eigenvalue weighted by molar-refractivity contribution is 0.216. The fraction of sp³-hybridized carbons (Fsp3) is 0.125. The molecule has 0 amide bonds. The summed E-state index contributed by atoms with van der Waals surface area (Å²) >= 11 is 0. The van der Waals surface area contributed by atoms with E-state index in [0.29, 0.717) is 11.5 Å². The number of aliphatic hydroxyl groups excluding tert-OH is 1. The number of benzene rings is 2. The molecule has 1 atom stereocenters. The Morgan fingerprint density at radius 3 is 2.63 bits per heavy atom. The van der Waals surface area contributed by atoms with Gasteiger partial charge in [-0.25, -0.2) is 9.97 Å². The maximum Gasteiger partial charge on any atom is 0.125 e. The largest absolute Gasteiger partial charge is 0.382 e. The van der Waals surface area contributed by atoms with Crippen LogP contribution >= 0.6 is 0 Å². The smallest absolute Gasteiger partial charge is 0.125 e. The van der Waals surface area contributed by atoms with E-state index in [2.05, 4.69) is 9.97 Å². The third kappa shape index (κ3) is 2.20. The third-order valence-corrected chi connectivity index (χ3v) is 3.20. The zero-order chi connectivity index (χ0) is 13.2. The van der Waals surface area contributed by atoms with Gasteiger partial charge in [-0.05, 0) is 29.3 Å². The Morgan fingerprint density at radius 1 is 1.00 bits per heavy atom. The number of rotatable bonds is 2. The van der Waals surface area contributed by atoms with Crippen LogP contribution in [-0.2, 0) is 0 Å². The number of aliphatic hydroxyl groups is 1. The molecule has 3 nitrogen and oxygen atoms in total. The molecule has 3 aromatic rings. The number of hydrogen-bond donors (Lipinski definition) is 1. The molecule has 94 valence electrons. The Kier molecular flexibility index (Phi) is 2.97. The van der Waals surface area contributed by atoms with Crippen molar-refractivity contribution in [3.8, 4) is 0 Å². The topological polar surface area (TPSA) is 46.0 Å². The van der Waals surface area contributed by atoms with Crippen molar-refractivity contribution < 1.29 is 5.11 Å². The molecule has 0 spiro atoms. The van der Waals surface area contributed by atoms with Gasteiger partial charge in [0.25, 0.3) is 0 Å². The highest BCUT2D eigenvalue weighted by molar-refractivity contribution is 5.86. The molecule has 1 unspecified atom stereocenters. The molecule has 0 saturated heterocycles. The molecule has 3 rings (SSSR count). The van der Waals surface area contributed by atoms with Gasteiger partial charge in [0, 0.05) is 6.20 Å². The molecule has 2 aromatic carbocycles. The van der Waals surface area contributed by atoms with Crippen LogP contribution in [0, 0.1) is 6.92 Å². The van der Waals surface area contributed by atoms with Crippen molar-refractivity contribution >= 4 is 10.8 Å². The number of hydrogen-bond acceptors (Lipinski definition) is 3. The molecule has 0 saturated carbocycles. The Hall–Kier alpha value is -2.26. The van der Waals surface area contributed by atoms with Gasteiger partial charge in [-0.15, -0.1) is 0 Å². The van der Waals surface area contributed by atoms with Crippen molar-refractivity contribution in [3.63, 3.8) is 0 Å². The van der Waals surface area contributed by atoms with Crippen LogP contribution in [0.5, 0.6) is 0 Å². The third-order valence-electron chi connectivity index (χ3n) is 3.20. The predicted molar refractivity (Wildman–Crippen MR) is 74.8 cm³/mol. The first-order chi connectivity index (χ1) is 9.25. The van der Waals surface area contributed by atoms with Gasteiger partial charge in [0.1, 0.15) is 11.9 Å². The molecule has 1 heterocycles. The lowest BCUT2D eigenvalue weighted by atomic mass is 9.98. The fourth-order valence-electron chi connectivity index (χ4n) is 2.27. The first kappa shape index (κ1) is 11.8. The summed E-state index contributed by atoms with van der Waals surface area (Å²) in [4.78, 5) is 8.35. The van der Waals surface area contributed by atoms with Crippen LogP contribution in [0.1, 0.15) is 23.2 Å². The zero-order valence-corrected chi connectivity index (χ0v) is 10.6. The Labute approximate surface area is 111 Å². The summed E-state index contributed by atoms with van der Waals surface area (Å²) in [6.45, 7) is 1.82. The monoisotopic (exact) mass is 250 g/mol. The summed E-state index contributed by atoms with van der Waals surface area (Å²) in [5, 5.41) is 12.7. The number of fused-ring (bicyclic) bond motifs is 1. The molecule has 0 aliphatic heterocycles. The summed E-state index contributed by atoms with van der Waals surface area (Å²) < 4.78 is 0. The molecule has 0 aliphatic carbocycles. The van der Waals surface area contributed by atoms with Gasteiger partial charge in [0.2, 0.25) is 0 Å². The molecule has 3 heteroatoms. The highest BCUT2D eigenvalue weighted by atomic mass is 16.3. The summed E-state index contributed by atoms with van der Waals surface area (Å²) in [7, 11) is 0. The van der Waals surface area contributed by atoms with E-state index >= 15 is 0 Å². The van der Waals surface area contributed by atoms with E-state index in [0.717, 1.165) is 16.3 Å². The average molecular weight is 250 g/mol. The second-order valence-electron chi connectivity index (χ2n) is 4.50. The van der Waals surface area contributed by atoms with Crippen LogP contribution in [0.15, 0.2) is 54.7 Å². The molecule has 0 aliphatic rings.